The van der Waals surface area contributed by atoms with Gasteiger partial charge in [-0.05, 0) is 49.9 Å². The smallest absolute Gasteiger partial charge is 0.170 e. The molecule has 1 aliphatic rings. The summed E-state index contributed by atoms with van der Waals surface area (Å²) in [4.78, 5) is 0. The van der Waals surface area contributed by atoms with Gasteiger partial charge in [-0.1, -0.05) is 6.07 Å². The van der Waals surface area contributed by atoms with Gasteiger partial charge in [-0.3, -0.25) is 0 Å². The van der Waals surface area contributed by atoms with Gasteiger partial charge in [0.15, 0.2) is 11.4 Å². The summed E-state index contributed by atoms with van der Waals surface area (Å²) < 4.78 is 18.9. The van der Waals surface area contributed by atoms with Gasteiger partial charge in [0.25, 0.3) is 0 Å². The van der Waals surface area contributed by atoms with Crippen molar-refractivity contribution in [1.29, 1.82) is 0 Å². The Morgan fingerprint density at radius 2 is 2.24 bits per heavy atom. The van der Waals surface area contributed by atoms with E-state index in [1.54, 1.807) is 6.26 Å². The lowest BCUT2D eigenvalue weighted by atomic mass is 10.1. The molecule has 1 aromatic heterocycles. The third kappa shape index (κ3) is 2.07. The summed E-state index contributed by atoms with van der Waals surface area (Å²) in [6.45, 7) is 2.93. The highest BCUT2D eigenvalue weighted by atomic mass is 19.1. The van der Waals surface area contributed by atoms with Crippen molar-refractivity contribution in [2.24, 2.45) is 0 Å². The van der Waals surface area contributed by atoms with E-state index < -0.39 is 0 Å². The zero-order valence-corrected chi connectivity index (χ0v) is 9.92. The zero-order valence-electron chi connectivity index (χ0n) is 9.92. The lowest BCUT2D eigenvalue weighted by Gasteiger charge is -2.02. The first-order valence-electron chi connectivity index (χ1n) is 6.14. The van der Waals surface area contributed by atoms with E-state index in [0.29, 0.717) is 11.6 Å². The highest BCUT2D eigenvalue weighted by Gasteiger charge is 2.20. The Balaban J connectivity index is 1.85. The summed E-state index contributed by atoms with van der Waals surface area (Å²) in [5.74, 6) is -0.271. The molecule has 0 atom stereocenters. The zero-order chi connectivity index (χ0) is 11.8. The predicted octanol–water partition coefficient (Wildman–Crippen LogP) is 3.17. The van der Waals surface area contributed by atoms with Gasteiger partial charge >= 0.3 is 0 Å². The minimum atomic E-state index is -0.271. The van der Waals surface area contributed by atoms with Gasteiger partial charge in [-0.2, -0.15) is 0 Å². The standard InChI is InChI=1S/C14H16FNO/c1-9-2-5-12(15)14-13(9)10(8-17-14)6-7-16-11-3-4-11/h2,5,8,11,16H,3-4,6-7H2,1H3. The van der Waals surface area contributed by atoms with E-state index in [9.17, 15) is 4.39 Å². The van der Waals surface area contributed by atoms with Crippen LogP contribution in [0.4, 0.5) is 4.39 Å². The first-order chi connectivity index (χ1) is 8.25. The molecule has 0 radical (unpaired) electrons. The van der Waals surface area contributed by atoms with Crippen LogP contribution in [0.1, 0.15) is 24.0 Å². The van der Waals surface area contributed by atoms with Gasteiger partial charge in [-0.25, -0.2) is 4.39 Å². The molecular formula is C14H16FNO. The third-order valence-corrected chi connectivity index (χ3v) is 3.36. The molecule has 0 saturated heterocycles. The second-order valence-corrected chi connectivity index (χ2v) is 4.81. The minimum absolute atomic E-state index is 0.271. The molecular weight excluding hydrogens is 217 g/mol. The average Bonchev–Trinajstić information content (AvgIpc) is 3.03. The van der Waals surface area contributed by atoms with Crippen LogP contribution in [0.15, 0.2) is 22.8 Å². The number of rotatable bonds is 4. The van der Waals surface area contributed by atoms with Crippen molar-refractivity contribution in [3.63, 3.8) is 0 Å². The summed E-state index contributed by atoms with van der Waals surface area (Å²) in [6, 6.07) is 3.99. The number of fused-ring (bicyclic) bond motifs is 1. The number of aryl methyl sites for hydroxylation is 1. The fourth-order valence-electron chi connectivity index (χ4n) is 2.24. The molecule has 2 aromatic rings. The maximum atomic E-state index is 13.5. The Morgan fingerprint density at radius 1 is 1.41 bits per heavy atom. The summed E-state index contributed by atoms with van der Waals surface area (Å²) in [5, 5.41) is 4.41. The van der Waals surface area contributed by atoms with Crippen molar-refractivity contribution in [3.8, 4) is 0 Å². The summed E-state index contributed by atoms with van der Waals surface area (Å²) >= 11 is 0. The molecule has 0 aliphatic heterocycles. The maximum Gasteiger partial charge on any atom is 0.170 e. The Labute approximate surface area is 99.8 Å². The summed E-state index contributed by atoms with van der Waals surface area (Å²) in [5.41, 5.74) is 2.58. The fraction of sp³-hybridized carbons (Fsp3) is 0.429. The molecule has 0 spiro atoms. The van der Waals surface area contributed by atoms with Crippen molar-refractivity contribution >= 4 is 11.0 Å². The van der Waals surface area contributed by atoms with Crippen molar-refractivity contribution < 1.29 is 8.81 Å². The molecule has 2 nitrogen and oxygen atoms in total. The monoisotopic (exact) mass is 233 g/mol. The highest BCUT2D eigenvalue weighted by molar-refractivity contribution is 5.85. The van der Waals surface area contributed by atoms with E-state index in [-0.39, 0.29) is 5.82 Å². The van der Waals surface area contributed by atoms with Crippen LogP contribution >= 0.6 is 0 Å². The topological polar surface area (TPSA) is 25.2 Å². The van der Waals surface area contributed by atoms with Gasteiger partial charge in [0.2, 0.25) is 0 Å². The van der Waals surface area contributed by atoms with Gasteiger partial charge < -0.3 is 9.73 Å². The number of nitrogens with one attached hydrogen (secondary N) is 1. The molecule has 0 unspecified atom stereocenters. The van der Waals surface area contributed by atoms with Crippen LogP contribution < -0.4 is 5.32 Å². The van der Waals surface area contributed by atoms with Crippen molar-refractivity contribution in [3.05, 3.63) is 35.3 Å². The molecule has 1 fully saturated rings. The second-order valence-electron chi connectivity index (χ2n) is 4.81. The molecule has 1 heterocycles. The van der Waals surface area contributed by atoms with Gasteiger partial charge in [-0.15, -0.1) is 0 Å². The van der Waals surface area contributed by atoms with Crippen LogP contribution in [0, 0.1) is 12.7 Å². The van der Waals surface area contributed by atoms with Gasteiger partial charge in [0, 0.05) is 11.4 Å². The van der Waals surface area contributed by atoms with Crippen LogP contribution in [0.2, 0.25) is 0 Å². The van der Waals surface area contributed by atoms with E-state index >= 15 is 0 Å². The molecule has 1 aromatic carbocycles. The highest BCUT2D eigenvalue weighted by Crippen LogP contribution is 2.27. The largest absolute Gasteiger partial charge is 0.461 e. The van der Waals surface area contributed by atoms with E-state index in [0.717, 1.165) is 29.5 Å². The van der Waals surface area contributed by atoms with Crippen LogP contribution in [0.25, 0.3) is 11.0 Å². The van der Waals surface area contributed by atoms with Crippen molar-refractivity contribution in [1.82, 2.24) is 5.32 Å². The van der Waals surface area contributed by atoms with E-state index in [2.05, 4.69) is 5.32 Å². The average molecular weight is 233 g/mol. The quantitative estimate of drug-likeness (QED) is 0.877. The normalized spacial score (nSPS) is 15.6. The molecule has 0 bridgehead atoms. The number of hydrogen-bond acceptors (Lipinski definition) is 2. The van der Waals surface area contributed by atoms with E-state index in [4.69, 9.17) is 4.42 Å². The van der Waals surface area contributed by atoms with Crippen LogP contribution in [-0.2, 0) is 6.42 Å². The van der Waals surface area contributed by atoms with Crippen LogP contribution in [-0.4, -0.2) is 12.6 Å². The second kappa shape index (κ2) is 4.15. The van der Waals surface area contributed by atoms with E-state index in [1.165, 1.54) is 18.9 Å². The first kappa shape index (κ1) is 10.8. The molecule has 1 saturated carbocycles. The maximum absolute atomic E-state index is 13.5. The van der Waals surface area contributed by atoms with Crippen LogP contribution in [0.5, 0.6) is 0 Å². The summed E-state index contributed by atoms with van der Waals surface area (Å²) in [7, 11) is 0. The van der Waals surface area contributed by atoms with E-state index in [1.807, 2.05) is 13.0 Å². The number of benzene rings is 1. The van der Waals surface area contributed by atoms with Gasteiger partial charge in [0.05, 0.1) is 6.26 Å². The lowest BCUT2D eigenvalue weighted by molar-refractivity contribution is 0.557. The SMILES string of the molecule is Cc1ccc(F)c2occ(CCNC3CC3)c12. The molecule has 17 heavy (non-hydrogen) atoms. The predicted molar refractivity (Wildman–Crippen MR) is 65.6 cm³/mol. The molecule has 1 aliphatic carbocycles. The Bertz CT molecular complexity index is 542. The molecule has 0 amide bonds. The Kier molecular flexibility index (Phi) is 2.63. The number of hydrogen-bond donors (Lipinski definition) is 1. The Hall–Kier alpha value is -1.35. The van der Waals surface area contributed by atoms with Crippen molar-refractivity contribution in [2.45, 2.75) is 32.2 Å². The number of halogens is 1. The minimum Gasteiger partial charge on any atom is -0.461 e. The Morgan fingerprint density at radius 3 is 3.00 bits per heavy atom. The third-order valence-electron chi connectivity index (χ3n) is 3.36. The van der Waals surface area contributed by atoms with Crippen LogP contribution in [0.3, 0.4) is 0 Å². The fourth-order valence-corrected chi connectivity index (χ4v) is 2.24. The molecule has 3 heteroatoms. The first-order valence-corrected chi connectivity index (χ1v) is 6.14. The molecule has 3 rings (SSSR count). The van der Waals surface area contributed by atoms with Crippen molar-refractivity contribution in [2.75, 3.05) is 6.54 Å². The van der Waals surface area contributed by atoms with Gasteiger partial charge in [0.1, 0.15) is 0 Å². The number of furan rings is 1. The lowest BCUT2D eigenvalue weighted by Crippen LogP contribution is -2.19. The molecule has 90 valence electrons. The molecule has 1 N–H and O–H groups in total. The summed E-state index contributed by atoms with van der Waals surface area (Å²) in [6.07, 6.45) is 5.17.